The van der Waals surface area contributed by atoms with Gasteiger partial charge in [0.05, 0.1) is 7.11 Å². The van der Waals surface area contributed by atoms with Gasteiger partial charge < -0.3 is 10.1 Å². The molecule has 0 saturated heterocycles. The second-order valence-electron chi connectivity index (χ2n) is 5.31. The van der Waals surface area contributed by atoms with Crippen LogP contribution in [0.1, 0.15) is 22.6 Å². The van der Waals surface area contributed by atoms with Crippen LogP contribution < -0.4 is 10.1 Å². The molecule has 1 unspecified atom stereocenters. The van der Waals surface area contributed by atoms with Gasteiger partial charge in [0.15, 0.2) is 0 Å². The van der Waals surface area contributed by atoms with Gasteiger partial charge in [-0.05, 0) is 54.1 Å². The number of benzene rings is 2. The molecule has 110 valence electrons. The Bertz CT molecular complexity index is 626. The van der Waals surface area contributed by atoms with E-state index >= 15 is 0 Å². The average molecular weight is 299 g/mol. The predicted molar refractivity (Wildman–Crippen MR) is 89.6 cm³/mol. The maximum atomic E-state index is 5.44. The first-order valence-corrected chi connectivity index (χ1v) is 8.56. The Morgan fingerprint density at radius 2 is 2.00 bits per heavy atom. The van der Waals surface area contributed by atoms with Gasteiger partial charge in [-0.25, -0.2) is 0 Å². The molecule has 0 amide bonds. The van der Waals surface area contributed by atoms with Gasteiger partial charge in [-0.1, -0.05) is 24.3 Å². The summed E-state index contributed by atoms with van der Waals surface area (Å²) in [4.78, 5) is 1.36. The molecule has 2 aromatic carbocycles. The molecule has 2 nitrogen and oxygen atoms in total. The molecule has 0 fully saturated rings. The van der Waals surface area contributed by atoms with Crippen LogP contribution in [0, 0.1) is 0 Å². The lowest BCUT2D eigenvalue weighted by Gasteiger charge is -2.21. The predicted octanol–water partition coefficient (Wildman–Crippen LogP) is 3.69. The van der Waals surface area contributed by atoms with E-state index < -0.39 is 0 Å². The minimum atomic E-state index is 0.390. The summed E-state index contributed by atoms with van der Waals surface area (Å²) in [6, 6.07) is 15.2. The Hall–Kier alpha value is -1.45. The standard InChI is InChI=1S/C18H21NOS/c1-20-14-8-7-13-9-10-19-12-17(16(13)11-14)15-5-3-4-6-18(15)21-2/h3-8,11,17,19H,9-10,12H2,1-2H3. The molecule has 21 heavy (non-hydrogen) atoms. The van der Waals surface area contributed by atoms with Crippen LogP contribution in [-0.2, 0) is 6.42 Å². The van der Waals surface area contributed by atoms with Crippen molar-refractivity contribution in [3.8, 4) is 5.75 Å². The zero-order chi connectivity index (χ0) is 14.7. The Kier molecular flexibility index (Phi) is 4.51. The molecule has 0 saturated carbocycles. The first-order valence-electron chi connectivity index (χ1n) is 7.34. The molecule has 1 heterocycles. The van der Waals surface area contributed by atoms with Crippen molar-refractivity contribution in [2.24, 2.45) is 0 Å². The van der Waals surface area contributed by atoms with Crippen molar-refractivity contribution < 1.29 is 4.74 Å². The first kappa shape index (κ1) is 14.5. The maximum Gasteiger partial charge on any atom is 0.119 e. The molecule has 2 aromatic rings. The second kappa shape index (κ2) is 6.54. The van der Waals surface area contributed by atoms with Crippen LogP contribution >= 0.6 is 11.8 Å². The number of methoxy groups -OCH3 is 1. The van der Waals surface area contributed by atoms with E-state index in [9.17, 15) is 0 Å². The Morgan fingerprint density at radius 1 is 1.14 bits per heavy atom. The highest BCUT2D eigenvalue weighted by Crippen LogP contribution is 2.35. The third-order valence-electron chi connectivity index (χ3n) is 4.16. The lowest BCUT2D eigenvalue weighted by molar-refractivity contribution is 0.414. The maximum absolute atomic E-state index is 5.44. The third kappa shape index (κ3) is 2.94. The highest BCUT2D eigenvalue weighted by molar-refractivity contribution is 7.98. The summed E-state index contributed by atoms with van der Waals surface area (Å²) in [6.07, 6.45) is 3.23. The van der Waals surface area contributed by atoms with E-state index in [0.717, 1.165) is 25.3 Å². The number of thioether (sulfide) groups is 1. The minimum Gasteiger partial charge on any atom is -0.497 e. The zero-order valence-electron chi connectivity index (χ0n) is 12.6. The Morgan fingerprint density at radius 3 is 2.81 bits per heavy atom. The molecule has 1 aliphatic rings. The molecule has 1 atom stereocenters. The van der Waals surface area contributed by atoms with Gasteiger partial charge in [-0.15, -0.1) is 11.8 Å². The van der Waals surface area contributed by atoms with Crippen LogP contribution in [0.25, 0.3) is 0 Å². The van der Waals surface area contributed by atoms with E-state index in [0.29, 0.717) is 5.92 Å². The van der Waals surface area contributed by atoms with E-state index in [-0.39, 0.29) is 0 Å². The summed E-state index contributed by atoms with van der Waals surface area (Å²) in [5.74, 6) is 1.34. The summed E-state index contributed by atoms with van der Waals surface area (Å²) in [5, 5.41) is 3.58. The van der Waals surface area contributed by atoms with Crippen molar-refractivity contribution in [3.63, 3.8) is 0 Å². The molecule has 0 spiro atoms. The summed E-state index contributed by atoms with van der Waals surface area (Å²) < 4.78 is 5.44. The van der Waals surface area contributed by atoms with E-state index in [2.05, 4.69) is 54.0 Å². The zero-order valence-corrected chi connectivity index (χ0v) is 13.4. The fourth-order valence-corrected chi connectivity index (χ4v) is 3.72. The van der Waals surface area contributed by atoms with Crippen molar-refractivity contribution in [2.75, 3.05) is 26.5 Å². The number of nitrogens with one attached hydrogen (secondary N) is 1. The van der Waals surface area contributed by atoms with E-state index in [1.54, 1.807) is 7.11 Å². The molecule has 1 aliphatic heterocycles. The number of ether oxygens (including phenoxy) is 1. The molecule has 0 bridgehead atoms. The molecule has 1 N–H and O–H groups in total. The fraction of sp³-hybridized carbons (Fsp3) is 0.333. The summed E-state index contributed by atoms with van der Waals surface area (Å²) in [5.41, 5.74) is 4.25. The largest absolute Gasteiger partial charge is 0.497 e. The van der Waals surface area contributed by atoms with E-state index in [1.165, 1.54) is 21.6 Å². The van der Waals surface area contributed by atoms with Crippen LogP contribution in [0.15, 0.2) is 47.4 Å². The van der Waals surface area contributed by atoms with Gasteiger partial charge in [0.25, 0.3) is 0 Å². The molecule has 0 aromatic heterocycles. The van der Waals surface area contributed by atoms with Crippen molar-refractivity contribution in [3.05, 3.63) is 59.2 Å². The van der Waals surface area contributed by atoms with Crippen molar-refractivity contribution >= 4 is 11.8 Å². The van der Waals surface area contributed by atoms with Crippen LogP contribution in [0.2, 0.25) is 0 Å². The van der Waals surface area contributed by atoms with E-state index in [1.807, 2.05) is 11.8 Å². The lowest BCUT2D eigenvalue weighted by atomic mass is 9.88. The number of rotatable bonds is 3. The Balaban J connectivity index is 2.11. The van der Waals surface area contributed by atoms with Crippen molar-refractivity contribution in [1.82, 2.24) is 5.32 Å². The molecular weight excluding hydrogens is 278 g/mol. The summed E-state index contributed by atoms with van der Waals surface area (Å²) in [7, 11) is 1.74. The highest BCUT2D eigenvalue weighted by Gasteiger charge is 2.22. The number of fused-ring (bicyclic) bond motifs is 1. The molecule has 0 aliphatic carbocycles. The highest BCUT2D eigenvalue weighted by atomic mass is 32.2. The van der Waals surface area contributed by atoms with Crippen LogP contribution in [0.4, 0.5) is 0 Å². The van der Waals surface area contributed by atoms with Gasteiger partial charge in [-0.3, -0.25) is 0 Å². The fourth-order valence-electron chi connectivity index (χ4n) is 3.06. The second-order valence-corrected chi connectivity index (χ2v) is 6.16. The van der Waals surface area contributed by atoms with Gasteiger partial charge >= 0.3 is 0 Å². The smallest absolute Gasteiger partial charge is 0.119 e. The van der Waals surface area contributed by atoms with Gasteiger partial charge in [0.1, 0.15) is 5.75 Å². The first-order chi connectivity index (χ1) is 10.3. The van der Waals surface area contributed by atoms with Crippen molar-refractivity contribution in [1.29, 1.82) is 0 Å². The molecular formula is C18H21NOS. The summed E-state index contributed by atoms with van der Waals surface area (Å²) >= 11 is 1.82. The van der Waals surface area contributed by atoms with Gasteiger partial charge in [0.2, 0.25) is 0 Å². The van der Waals surface area contributed by atoms with Gasteiger partial charge in [-0.2, -0.15) is 0 Å². The molecule has 3 rings (SSSR count). The van der Waals surface area contributed by atoms with Crippen LogP contribution in [0.5, 0.6) is 5.75 Å². The molecule has 3 heteroatoms. The third-order valence-corrected chi connectivity index (χ3v) is 4.97. The summed E-state index contributed by atoms with van der Waals surface area (Å²) in [6.45, 7) is 2.02. The van der Waals surface area contributed by atoms with Crippen molar-refractivity contribution in [2.45, 2.75) is 17.2 Å². The monoisotopic (exact) mass is 299 g/mol. The minimum absolute atomic E-state index is 0.390. The lowest BCUT2D eigenvalue weighted by Crippen LogP contribution is -2.21. The quantitative estimate of drug-likeness (QED) is 0.873. The van der Waals surface area contributed by atoms with Crippen LogP contribution in [0.3, 0.4) is 0 Å². The van der Waals surface area contributed by atoms with Crippen LogP contribution in [-0.4, -0.2) is 26.5 Å². The van der Waals surface area contributed by atoms with E-state index in [4.69, 9.17) is 4.74 Å². The molecule has 0 radical (unpaired) electrons. The topological polar surface area (TPSA) is 21.3 Å². The number of hydrogen-bond acceptors (Lipinski definition) is 3. The normalized spacial score (nSPS) is 17.9. The SMILES string of the molecule is COc1ccc2c(c1)C(c1ccccc1SC)CNCC2. The number of hydrogen-bond donors (Lipinski definition) is 1. The average Bonchev–Trinajstić information content (AvgIpc) is 2.76. The Labute approximate surface area is 130 Å². The van der Waals surface area contributed by atoms with Gasteiger partial charge in [0, 0.05) is 17.4 Å².